The fourth-order valence-corrected chi connectivity index (χ4v) is 8.85. The maximum absolute atomic E-state index is 12.6. The lowest BCUT2D eigenvalue weighted by Crippen LogP contribution is -2.25. The van der Waals surface area contributed by atoms with E-state index in [4.69, 9.17) is 14.6 Å². The van der Waals surface area contributed by atoms with Crippen LogP contribution in [0.1, 0.15) is 49.9 Å². The average Bonchev–Trinajstić information content (AvgIpc) is 3.22. The van der Waals surface area contributed by atoms with Gasteiger partial charge in [0.05, 0.1) is 35.4 Å². The normalized spacial score (nSPS) is 10.5. The zero-order valence-electron chi connectivity index (χ0n) is 33.1. The number of carbonyl (C=O) groups excluding carboxylic acids is 3. The standard InChI is InChI=1S/C24H21Br2NO4.C23H19Br2NO5/c1-15(28)11-17-12-20(25)23(21(26)13-17)31-18-7-8-22(29)19(14-18)24(30)27-10-9-16-5-3-2-4-6-16;24-18-10-15(12-21(28)29)11-19(25)22(18)31-16-6-7-20(27)17(13-16)23(30)26-9-8-14-4-2-1-3-5-14/h2-8,12-14,29H,9-11H2,1H3,(H,27,30);1-7,10-11,13,27H,8-9,12H2,(H,26,30)(H,28,29). The highest BCUT2D eigenvalue weighted by Crippen LogP contribution is 2.40. The van der Waals surface area contributed by atoms with Gasteiger partial charge in [0.25, 0.3) is 11.8 Å². The maximum Gasteiger partial charge on any atom is 0.307 e. The van der Waals surface area contributed by atoms with Gasteiger partial charge in [0.15, 0.2) is 11.5 Å². The molecule has 0 atom stereocenters. The number of carboxylic acids is 1. The molecule has 6 aromatic carbocycles. The summed E-state index contributed by atoms with van der Waals surface area (Å²) < 4.78 is 14.3. The minimum Gasteiger partial charge on any atom is -0.507 e. The number of rotatable bonds is 16. The number of hydrogen-bond acceptors (Lipinski definition) is 8. The van der Waals surface area contributed by atoms with Crippen LogP contribution in [0.5, 0.6) is 34.5 Å². The van der Waals surface area contributed by atoms with Crippen molar-refractivity contribution in [2.24, 2.45) is 0 Å². The number of carboxylic acid groups (broad SMARTS) is 1. The van der Waals surface area contributed by atoms with E-state index in [0.717, 1.165) is 16.7 Å². The smallest absolute Gasteiger partial charge is 0.307 e. The van der Waals surface area contributed by atoms with E-state index in [9.17, 15) is 29.4 Å². The molecule has 0 radical (unpaired) electrons. The number of Topliss-reactive ketones (excluding diaryl/α,β-unsaturated/α-hetero) is 1. The van der Waals surface area contributed by atoms with E-state index >= 15 is 0 Å². The number of amides is 2. The van der Waals surface area contributed by atoms with Crippen molar-refractivity contribution in [2.45, 2.75) is 32.6 Å². The Hall–Kier alpha value is -5.48. The van der Waals surface area contributed by atoms with Crippen LogP contribution in [0.25, 0.3) is 0 Å². The molecule has 5 N–H and O–H groups in total. The molecule has 0 aromatic heterocycles. The van der Waals surface area contributed by atoms with E-state index in [1.807, 2.05) is 72.8 Å². The predicted octanol–water partition coefficient (Wildman–Crippen LogP) is 11.1. The lowest BCUT2D eigenvalue weighted by Gasteiger charge is -2.13. The molecule has 320 valence electrons. The van der Waals surface area contributed by atoms with E-state index in [2.05, 4.69) is 74.4 Å². The molecule has 2 amide bonds. The number of phenols is 2. The summed E-state index contributed by atoms with van der Waals surface area (Å²) >= 11 is 13.7. The summed E-state index contributed by atoms with van der Waals surface area (Å²) in [5.74, 6) is -0.265. The van der Waals surface area contributed by atoms with Crippen molar-refractivity contribution in [3.8, 4) is 34.5 Å². The van der Waals surface area contributed by atoms with Gasteiger partial charge in [0.1, 0.15) is 28.8 Å². The van der Waals surface area contributed by atoms with Crippen LogP contribution in [0.4, 0.5) is 0 Å². The number of halogens is 4. The number of aliphatic carboxylic acids is 1. The second kappa shape index (κ2) is 23.1. The fourth-order valence-electron chi connectivity index (χ4n) is 5.96. The second-order valence-electron chi connectivity index (χ2n) is 13.8. The number of hydrogen-bond donors (Lipinski definition) is 5. The van der Waals surface area contributed by atoms with Crippen molar-refractivity contribution in [2.75, 3.05) is 13.1 Å². The van der Waals surface area contributed by atoms with E-state index in [0.29, 0.717) is 78.8 Å². The lowest BCUT2D eigenvalue weighted by molar-refractivity contribution is -0.136. The summed E-state index contributed by atoms with van der Waals surface area (Å²) in [6, 6.07) is 35.5. The van der Waals surface area contributed by atoms with E-state index in [1.54, 1.807) is 24.3 Å². The summed E-state index contributed by atoms with van der Waals surface area (Å²) in [5.41, 5.74) is 3.90. The van der Waals surface area contributed by atoms with Gasteiger partial charge in [-0.15, -0.1) is 0 Å². The zero-order chi connectivity index (χ0) is 44.8. The van der Waals surface area contributed by atoms with Crippen LogP contribution in [-0.2, 0) is 35.3 Å². The third kappa shape index (κ3) is 14.3. The molecule has 11 nitrogen and oxygen atoms in total. The average molecular weight is 1100 g/mol. The summed E-state index contributed by atoms with van der Waals surface area (Å²) in [6.45, 7) is 2.41. The Morgan fingerprint density at radius 3 is 1.24 bits per heavy atom. The Labute approximate surface area is 392 Å². The second-order valence-corrected chi connectivity index (χ2v) is 17.2. The van der Waals surface area contributed by atoms with Crippen molar-refractivity contribution in [3.63, 3.8) is 0 Å². The van der Waals surface area contributed by atoms with Gasteiger partial charge in [-0.2, -0.15) is 0 Å². The molecular formula is C47H40Br4N2O9. The number of aromatic hydroxyl groups is 2. The first-order chi connectivity index (χ1) is 29.7. The number of ether oxygens (including phenoxy) is 2. The van der Waals surface area contributed by atoms with Crippen LogP contribution in [-0.4, -0.2) is 52.0 Å². The first-order valence-electron chi connectivity index (χ1n) is 19.0. The summed E-state index contributed by atoms with van der Waals surface area (Å²) in [4.78, 5) is 47.4. The van der Waals surface area contributed by atoms with E-state index < -0.39 is 11.9 Å². The van der Waals surface area contributed by atoms with Gasteiger partial charge in [0, 0.05) is 19.5 Å². The lowest BCUT2D eigenvalue weighted by atomic mass is 10.1. The number of ketones is 1. The highest BCUT2D eigenvalue weighted by Gasteiger charge is 2.18. The number of nitrogens with one attached hydrogen (secondary N) is 2. The summed E-state index contributed by atoms with van der Waals surface area (Å²) in [6.07, 6.45) is 1.57. The fraction of sp³-hybridized carbons (Fsp3) is 0.149. The Kier molecular flexibility index (Phi) is 17.7. The van der Waals surface area contributed by atoms with Gasteiger partial charge in [-0.05, 0) is 166 Å². The van der Waals surface area contributed by atoms with Gasteiger partial charge >= 0.3 is 5.97 Å². The molecule has 0 aliphatic carbocycles. The molecule has 0 heterocycles. The maximum atomic E-state index is 12.6. The minimum absolute atomic E-state index is 0.0638. The summed E-state index contributed by atoms with van der Waals surface area (Å²) in [5, 5.41) is 34.9. The largest absolute Gasteiger partial charge is 0.507 e. The molecule has 0 bridgehead atoms. The number of benzene rings is 6. The van der Waals surface area contributed by atoms with Crippen molar-refractivity contribution < 1.29 is 44.0 Å². The Bertz CT molecular complexity index is 2330. The van der Waals surface area contributed by atoms with Crippen LogP contribution in [0.15, 0.2) is 139 Å². The molecule has 0 fully saturated rings. The molecular weight excluding hydrogens is 1060 g/mol. The van der Waals surface area contributed by atoms with Gasteiger partial charge in [0.2, 0.25) is 0 Å². The van der Waals surface area contributed by atoms with E-state index in [-0.39, 0.29) is 40.7 Å². The third-order valence-corrected chi connectivity index (χ3v) is 11.2. The molecule has 6 rings (SSSR count). The first-order valence-corrected chi connectivity index (χ1v) is 22.2. The van der Waals surface area contributed by atoms with E-state index in [1.165, 1.54) is 31.2 Å². The van der Waals surface area contributed by atoms with Crippen LogP contribution in [0.3, 0.4) is 0 Å². The molecule has 62 heavy (non-hydrogen) atoms. The van der Waals surface area contributed by atoms with Crippen molar-refractivity contribution >= 4 is 87.3 Å². The number of phenolic OH excluding ortho intramolecular Hbond substituents is 2. The first kappa shape index (κ1) is 47.6. The molecule has 6 aromatic rings. The molecule has 0 unspecified atom stereocenters. The van der Waals surface area contributed by atoms with Crippen LogP contribution < -0.4 is 20.1 Å². The SMILES string of the molecule is CC(=O)Cc1cc(Br)c(Oc2ccc(O)c(C(=O)NCCc3ccccc3)c2)c(Br)c1.O=C(O)Cc1cc(Br)c(Oc2ccc(O)c(C(=O)NCCc3ccccc3)c2)c(Br)c1. The topological polar surface area (TPSA) is 171 Å². The minimum atomic E-state index is -0.936. The van der Waals surface area contributed by atoms with Gasteiger partial charge in [-0.1, -0.05) is 60.7 Å². The molecule has 0 spiro atoms. The molecule has 0 saturated carbocycles. The summed E-state index contributed by atoms with van der Waals surface area (Å²) in [7, 11) is 0. The van der Waals surface area contributed by atoms with Crippen LogP contribution >= 0.6 is 63.7 Å². The van der Waals surface area contributed by atoms with Gasteiger partial charge < -0.3 is 35.4 Å². The Morgan fingerprint density at radius 1 is 0.516 bits per heavy atom. The highest BCUT2D eigenvalue weighted by molar-refractivity contribution is 9.11. The molecule has 0 aliphatic heterocycles. The predicted molar refractivity (Wildman–Crippen MR) is 251 cm³/mol. The monoisotopic (exact) mass is 1090 g/mol. The van der Waals surface area contributed by atoms with Crippen LogP contribution in [0.2, 0.25) is 0 Å². The third-order valence-electron chi connectivity index (χ3n) is 8.87. The molecule has 0 aliphatic rings. The van der Waals surface area contributed by atoms with Crippen molar-refractivity contribution in [1.29, 1.82) is 0 Å². The Morgan fingerprint density at radius 2 is 0.887 bits per heavy atom. The molecule has 0 saturated heterocycles. The van der Waals surface area contributed by atoms with Crippen LogP contribution in [0, 0.1) is 0 Å². The number of carbonyl (C=O) groups is 4. The molecule has 15 heteroatoms. The van der Waals surface area contributed by atoms with Crippen molar-refractivity contribution in [1.82, 2.24) is 10.6 Å². The zero-order valence-corrected chi connectivity index (χ0v) is 39.4. The quantitative estimate of drug-likeness (QED) is 0.0633. The van der Waals surface area contributed by atoms with Gasteiger partial charge in [-0.3, -0.25) is 19.2 Å². The van der Waals surface area contributed by atoms with Gasteiger partial charge in [-0.25, -0.2) is 0 Å². The highest BCUT2D eigenvalue weighted by atomic mass is 79.9. The van der Waals surface area contributed by atoms with Crippen molar-refractivity contribution in [3.05, 3.63) is 173 Å². The Balaban J connectivity index is 0.000000234.